The van der Waals surface area contributed by atoms with Crippen LogP contribution in [0.3, 0.4) is 0 Å². The lowest BCUT2D eigenvalue weighted by Gasteiger charge is -2.31. The molecule has 30 heavy (non-hydrogen) atoms. The lowest BCUT2D eigenvalue weighted by Crippen LogP contribution is -2.42. The number of hydrogen-bond donors (Lipinski definition) is 2. The summed E-state index contributed by atoms with van der Waals surface area (Å²) in [7, 11) is 0. The summed E-state index contributed by atoms with van der Waals surface area (Å²) in [4.78, 5) is 10.7. The Hall–Kier alpha value is -3.16. The molecule has 0 amide bonds. The third kappa shape index (κ3) is 3.46. The van der Waals surface area contributed by atoms with Crippen LogP contribution in [0.25, 0.3) is 22.3 Å². The molecule has 0 spiro atoms. The number of nitrogens with zero attached hydrogens (tertiary/aromatic N) is 3. The quantitative estimate of drug-likeness (QED) is 0.526. The summed E-state index contributed by atoms with van der Waals surface area (Å²) in [5, 5.41) is 6.96. The van der Waals surface area contributed by atoms with Crippen LogP contribution >= 0.6 is 0 Å². The fraction of sp³-hybridized carbons (Fsp3) is 0.304. The molecule has 0 radical (unpaired) electrons. The molecule has 2 aromatic carbocycles. The Morgan fingerprint density at radius 2 is 1.80 bits per heavy atom. The van der Waals surface area contributed by atoms with Gasteiger partial charge in [-0.2, -0.15) is 5.10 Å². The number of rotatable bonds is 5. The number of ether oxygens (including phenoxy) is 2. The van der Waals surface area contributed by atoms with Crippen LogP contribution in [0.2, 0.25) is 0 Å². The standard InChI is InChI=1S/C23H23N5O2/c1-3-16(4-2-15(1)20-9-10-24-27-20)29-17-7-8-21-22(11-17)26-23(25-21)14-28-12-18-5-6-19(13-28)30-18/h1-4,7-11,18-19H,5-6,12-14H2,(H,24,27)(H,25,26)/t18-,19-/m0/s1. The van der Waals surface area contributed by atoms with Crippen molar-refractivity contribution in [3.63, 3.8) is 0 Å². The molecule has 0 unspecified atom stereocenters. The minimum Gasteiger partial charge on any atom is -0.457 e. The molecule has 4 heterocycles. The van der Waals surface area contributed by atoms with E-state index in [1.807, 2.05) is 48.5 Å². The zero-order chi connectivity index (χ0) is 19.9. The van der Waals surface area contributed by atoms with Crippen LogP contribution in [0.5, 0.6) is 11.5 Å². The molecule has 0 saturated carbocycles. The molecule has 7 heteroatoms. The molecule has 2 atom stereocenters. The molecule has 4 aromatic rings. The van der Waals surface area contributed by atoms with E-state index in [4.69, 9.17) is 14.5 Å². The van der Waals surface area contributed by atoms with E-state index in [0.29, 0.717) is 12.2 Å². The highest BCUT2D eigenvalue weighted by molar-refractivity contribution is 5.77. The molecule has 7 nitrogen and oxygen atoms in total. The summed E-state index contributed by atoms with van der Waals surface area (Å²) in [5.41, 5.74) is 4.02. The Balaban J connectivity index is 1.16. The highest BCUT2D eigenvalue weighted by atomic mass is 16.5. The Kier molecular flexibility index (Phi) is 4.28. The van der Waals surface area contributed by atoms with Crippen LogP contribution in [0.1, 0.15) is 18.7 Å². The van der Waals surface area contributed by atoms with Gasteiger partial charge < -0.3 is 14.5 Å². The number of likely N-dealkylation sites (tertiary alicyclic amines) is 1. The van der Waals surface area contributed by atoms with E-state index in [2.05, 4.69) is 20.1 Å². The summed E-state index contributed by atoms with van der Waals surface area (Å²) in [6.45, 7) is 2.82. The van der Waals surface area contributed by atoms with Gasteiger partial charge in [0.2, 0.25) is 0 Å². The second-order valence-electron chi connectivity index (χ2n) is 8.11. The third-order valence-electron chi connectivity index (χ3n) is 5.90. The molecule has 0 aliphatic carbocycles. The van der Waals surface area contributed by atoms with Gasteiger partial charge in [0.05, 0.1) is 35.5 Å². The van der Waals surface area contributed by atoms with Crippen molar-refractivity contribution in [2.45, 2.75) is 31.6 Å². The van der Waals surface area contributed by atoms with Gasteiger partial charge in [-0.15, -0.1) is 0 Å². The van der Waals surface area contributed by atoms with Gasteiger partial charge >= 0.3 is 0 Å². The smallest absolute Gasteiger partial charge is 0.129 e. The van der Waals surface area contributed by atoms with E-state index in [0.717, 1.165) is 59.2 Å². The number of hydrogen-bond acceptors (Lipinski definition) is 5. The minimum atomic E-state index is 0.396. The van der Waals surface area contributed by atoms with Gasteiger partial charge in [-0.25, -0.2) is 4.98 Å². The molecule has 2 bridgehead atoms. The predicted octanol–water partition coefficient (Wildman–Crippen LogP) is 4.11. The van der Waals surface area contributed by atoms with E-state index in [9.17, 15) is 0 Å². The maximum absolute atomic E-state index is 6.05. The molecular formula is C23H23N5O2. The molecule has 2 fully saturated rings. The monoisotopic (exact) mass is 401 g/mol. The SMILES string of the molecule is c1cc(-c2ccc(Oc3ccc4nc(CN5C[C@@H]6CC[C@@H](C5)O6)[nH]c4c3)cc2)[nH]n1. The van der Waals surface area contributed by atoms with Crippen molar-refractivity contribution in [1.29, 1.82) is 0 Å². The van der Waals surface area contributed by atoms with E-state index < -0.39 is 0 Å². The largest absolute Gasteiger partial charge is 0.457 e. The van der Waals surface area contributed by atoms with E-state index >= 15 is 0 Å². The van der Waals surface area contributed by atoms with Crippen molar-refractivity contribution in [3.8, 4) is 22.8 Å². The maximum atomic E-state index is 6.05. The second-order valence-corrected chi connectivity index (χ2v) is 8.11. The first-order valence-electron chi connectivity index (χ1n) is 10.4. The number of nitrogens with one attached hydrogen (secondary N) is 2. The van der Waals surface area contributed by atoms with Crippen LogP contribution < -0.4 is 4.74 Å². The third-order valence-corrected chi connectivity index (χ3v) is 5.90. The Morgan fingerprint density at radius 3 is 2.57 bits per heavy atom. The molecule has 2 saturated heterocycles. The fourth-order valence-electron chi connectivity index (χ4n) is 4.48. The molecule has 2 aliphatic heterocycles. The Morgan fingerprint density at radius 1 is 1.00 bits per heavy atom. The zero-order valence-electron chi connectivity index (χ0n) is 16.5. The number of H-pyrrole nitrogens is 2. The number of benzene rings is 2. The number of imidazole rings is 1. The summed E-state index contributed by atoms with van der Waals surface area (Å²) in [5.74, 6) is 2.57. The van der Waals surface area contributed by atoms with Crippen molar-refractivity contribution < 1.29 is 9.47 Å². The first-order chi connectivity index (χ1) is 14.8. The normalized spacial score (nSPS) is 21.3. The number of aromatic amines is 2. The van der Waals surface area contributed by atoms with Crippen molar-refractivity contribution >= 4 is 11.0 Å². The van der Waals surface area contributed by atoms with Gasteiger partial charge in [0.15, 0.2) is 0 Å². The van der Waals surface area contributed by atoms with E-state index in [1.165, 1.54) is 12.8 Å². The summed E-state index contributed by atoms with van der Waals surface area (Å²) < 4.78 is 12.0. The molecule has 2 aromatic heterocycles. The minimum absolute atomic E-state index is 0.396. The van der Waals surface area contributed by atoms with Gasteiger partial charge in [-0.3, -0.25) is 10.00 Å². The number of morpholine rings is 1. The lowest BCUT2D eigenvalue weighted by atomic mass is 10.1. The highest BCUT2D eigenvalue weighted by Crippen LogP contribution is 2.29. The van der Waals surface area contributed by atoms with Crippen LogP contribution in [0, 0.1) is 0 Å². The molecule has 2 N–H and O–H groups in total. The summed E-state index contributed by atoms with van der Waals surface area (Å²) in [6.07, 6.45) is 4.91. The van der Waals surface area contributed by atoms with Gasteiger partial charge in [0.1, 0.15) is 17.3 Å². The van der Waals surface area contributed by atoms with E-state index in [-0.39, 0.29) is 0 Å². The maximum Gasteiger partial charge on any atom is 0.129 e. The van der Waals surface area contributed by atoms with E-state index in [1.54, 1.807) is 6.20 Å². The number of aromatic nitrogens is 4. The van der Waals surface area contributed by atoms with Gasteiger partial charge in [-0.1, -0.05) is 0 Å². The van der Waals surface area contributed by atoms with Crippen molar-refractivity contribution in [1.82, 2.24) is 25.1 Å². The average molecular weight is 401 g/mol. The second kappa shape index (κ2) is 7.27. The van der Waals surface area contributed by atoms with Crippen molar-refractivity contribution in [2.75, 3.05) is 13.1 Å². The van der Waals surface area contributed by atoms with Gasteiger partial charge in [-0.05, 0) is 60.9 Å². The number of fused-ring (bicyclic) bond motifs is 3. The predicted molar refractivity (Wildman–Crippen MR) is 113 cm³/mol. The highest BCUT2D eigenvalue weighted by Gasteiger charge is 2.33. The van der Waals surface area contributed by atoms with Crippen LogP contribution in [0.4, 0.5) is 0 Å². The van der Waals surface area contributed by atoms with Crippen LogP contribution in [0.15, 0.2) is 54.7 Å². The van der Waals surface area contributed by atoms with Gasteiger partial charge in [0.25, 0.3) is 0 Å². The summed E-state index contributed by atoms with van der Waals surface area (Å²) in [6, 6.07) is 15.9. The Bertz CT molecular complexity index is 1140. The van der Waals surface area contributed by atoms with Crippen LogP contribution in [-0.2, 0) is 11.3 Å². The zero-order valence-corrected chi connectivity index (χ0v) is 16.5. The Labute approximate surface area is 174 Å². The van der Waals surface area contributed by atoms with Crippen molar-refractivity contribution in [2.24, 2.45) is 0 Å². The first kappa shape index (κ1) is 17.7. The van der Waals surface area contributed by atoms with Gasteiger partial charge in [0, 0.05) is 25.4 Å². The van der Waals surface area contributed by atoms with Crippen molar-refractivity contribution in [3.05, 3.63) is 60.6 Å². The lowest BCUT2D eigenvalue weighted by molar-refractivity contribution is -0.0416. The molecule has 6 rings (SSSR count). The summed E-state index contributed by atoms with van der Waals surface area (Å²) >= 11 is 0. The first-order valence-corrected chi connectivity index (χ1v) is 10.4. The topological polar surface area (TPSA) is 79.1 Å². The molecule has 2 aliphatic rings. The van der Waals surface area contributed by atoms with Crippen LogP contribution in [-0.4, -0.2) is 50.4 Å². The average Bonchev–Trinajstić information content (AvgIpc) is 3.48. The fourth-order valence-corrected chi connectivity index (χ4v) is 4.48. The molecular weight excluding hydrogens is 378 g/mol. The molecule has 152 valence electrons.